The molecular weight excluding hydrogens is 454 g/mol. The van der Waals surface area contributed by atoms with Crippen molar-refractivity contribution in [2.75, 3.05) is 18.1 Å². The van der Waals surface area contributed by atoms with Crippen LogP contribution in [-0.4, -0.2) is 38.5 Å². The molecule has 174 valence electrons. The lowest BCUT2D eigenvalue weighted by atomic mass is 10.2. The van der Waals surface area contributed by atoms with E-state index in [0.29, 0.717) is 30.3 Å². The first-order valence-electron chi connectivity index (χ1n) is 10.8. The predicted octanol–water partition coefficient (Wildman–Crippen LogP) is 4.94. The molecule has 0 saturated heterocycles. The van der Waals surface area contributed by atoms with Crippen molar-refractivity contribution in [3.8, 4) is 5.75 Å². The van der Waals surface area contributed by atoms with E-state index in [0.717, 1.165) is 22.5 Å². The maximum atomic E-state index is 13.2. The van der Waals surface area contributed by atoms with Crippen molar-refractivity contribution in [1.29, 1.82) is 0 Å². The molecule has 0 aliphatic rings. The van der Waals surface area contributed by atoms with E-state index in [1.807, 2.05) is 35.9 Å². The van der Waals surface area contributed by atoms with Crippen LogP contribution in [0.5, 0.6) is 5.75 Å². The molecular formula is C24H23N5O4S. The van der Waals surface area contributed by atoms with Gasteiger partial charge in [-0.3, -0.25) is 19.8 Å². The second-order valence-electron chi connectivity index (χ2n) is 7.38. The summed E-state index contributed by atoms with van der Waals surface area (Å²) in [5.74, 6) is 0.550. The summed E-state index contributed by atoms with van der Waals surface area (Å²) in [6.45, 7) is 3.69. The normalized spacial score (nSPS) is 11.2. The van der Waals surface area contributed by atoms with Crippen LogP contribution >= 0.6 is 11.3 Å². The van der Waals surface area contributed by atoms with Gasteiger partial charge in [0.25, 0.3) is 11.6 Å². The lowest BCUT2D eigenvalue weighted by Crippen LogP contribution is -2.30. The zero-order chi connectivity index (χ0) is 23.9. The standard InChI is InChI=1S/C24H23N5O4S/c1-2-33-20-9-10-21-22(16-20)34-24(26-21)28(14-3-13-27-15-12-25-17-27)23(30)11-6-18-4-7-19(8-5-18)29(31)32/h4-12,15-17H,2-3,13-14H2,1H3/b11-6+. The van der Waals surface area contributed by atoms with Gasteiger partial charge in [-0.25, -0.2) is 9.97 Å². The van der Waals surface area contributed by atoms with Crippen molar-refractivity contribution in [2.24, 2.45) is 0 Å². The van der Waals surface area contributed by atoms with E-state index in [1.165, 1.54) is 29.5 Å². The largest absolute Gasteiger partial charge is 0.494 e. The van der Waals surface area contributed by atoms with Gasteiger partial charge < -0.3 is 9.30 Å². The van der Waals surface area contributed by atoms with Crippen molar-refractivity contribution in [3.63, 3.8) is 0 Å². The topological polar surface area (TPSA) is 103 Å². The van der Waals surface area contributed by atoms with E-state index in [-0.39, 0.29) is 11.6 Å². The van der Waals surface area contributed by atoms with Crippen LogP contribution in [0.3, 0.4) is 0 Å². The Morgan fingerprint density at radius 3 is 2.79 bits per heavy atom. The Hall–Kier alpha value is -4.05. The number of imidazole rings is 1. The second kappa shape index (κ2) is 10.7. The Morgan fingerprint density at radius 2 is 2.09 bits per heavy atom. The Morgan fingerprint density at radius 1 is 1.26 bits per heavy atom. The van der Waals surface area contributed by atoms with E-state index in [1.54, 1.807) is 35.6 Å². The summed E-state index contributed by atoms with van der Waals surface area (Å²) >= 11 is 1.43. The van der Waals surface area contributed by atoms with Gasteiger partial charge in [-0.2, -0.15) is 0 Å². The smallest absolute Gasteiger partial charge is 0.269 e. The first-order chi connectivity index (χ1) is 16.5. The van der Waals surface area contributed by atoms with Gasteiger partial charge in [0.15, 0.2) is 5.13 Å². The third-order valence-corrected chi connectivity index (χ3v) is 6.08. The summed E-state index contributed by atoms with van der Waals surface area (Å²) in [7, 11) is 0. The molecule has 0 aliphatic carbocycles. The highest BCUT2D eigenvalue weighted by molar-refractivity contribution is 7.22. The van der Waals surface area contributed by atoms with Crippen LogP contribution < -0.4 is 9.64 Å². The fourth-order valence-corrected chi connectivity index (χ4v) is 4.39. The van der Waals surface area contributed by atoms with E-state index >= 15 is 0 Å². The van der Waals surface area contributed by atoms with Crippen LogP contribution in [0.15, 0.2) is 67.3 Å². The first kappa shape index (κ1) is 23.1. The number of non-ortho nitro benzene ring substituents is 1. The average Bonchev–Trinajstić information content (AvgIpc) is 3.50. The zero-order valence-electron chi connectivity index (χ0n) is 18.5. The fraction of sp³-hybridized carbons (Fsp3) is 0.208. The van der Waals surface area contributed by atoms with Crippen molar-refractivity contribution in [3.05, 3.63) is 82.9 Å². The first-order valence-corrected chi connectivity index (χ1v) is 11.6. The number of nitrogens with zero attached hydrogens (tertiary/aromatic N) is 5. The molecule has 0 atom stereocenters. The second-order valence-corrected chi connectivity index (χ2v) is 8.39. The van der Waals surface area contributed by atoms with E-state index in [9.17, 15) is 14.9 Å². The van der Waals surface area contributed by atoms with Crippen molar-refractivity contribution in [1.82, 2.24) is 14.5 Å². The predicted molar refractivity (Wildman–Crippen MR) is 132 cm³/mol. The molecule has 0 saturated carbocycles. The van der Waals surface area contributed by atoms with Crippen LogP contribution in [0, 0.1) is 10.1 Å². The summed E-state index contributed by atoms with van der Waals surface area (Å²) in [5, 5.41) is 11.5. The Bertz CT molecular complexity index is 1300. The number of carbonyl (C=O) groups is 1. The number of aromatic nitrogens is 3. The molecule has 1 amide bonds. The number of thiazole rings is 1. The highest BCUT2D eigenvalue weighted by atomic mass is 32.1. The maximum absolute atomic E-state index is 13.2. The van der Waals surface area contributed by atoms with E-state index in [2.05, 4.69) is 9.97 Å². The molecule has 0 radical (unpaired) electrons. The van der Waals surface area contributed by atoms with E-state index < -0.39 is 4.92 Å². The van der Waals surface area contributed by atoms with Gasteiger partial charge in [-0.1, -0.05) is 11.3 Å². The van der Waals surface area contributed by atoms with Gasteiger partial charge in [0, 0.05) is 43.7 Å². The Labute approximate surface area is 200 Å². The molecule has 2 aromatic heterocycles. The summed E-state index contributed by atoms with van der Waals surface area (Å²) in [4.78, 5) is 34.0. The fourth-order valence-electron chi connectivity index (χ4n) is 3.36. The monoisotopic (exact) mass is 477 g/mol. The van der Waals surface area contributed by atoms with Gasteiger partial charge in [-0.15, -0.1) is 0 Å². The third kappa shape index (κ3) is 5.65. The summed E-state index contributed by atoms with van der Waals surface area (Å²) < 4.78 is 8.48. The lowest BCUT2D eigenvalue weighted by molar-refractivity contribution is -0.384. The number of rotatable bonds is 10. The minimum absolute atomic E-state index is 0.00509. The number of amides is 1. The molecule has 0 spiro atoms. The number of carbonyl (C=O) groups excluding carboxylic acids is 1. The van der Waals surface area contributed by atoms with Gasteiger partial charge in [0.1, 0.15) is 5.75 Å². The average molecular weight is 478 g/mol. The molecule has 0 aliphatic heterocycles. The van der Waals surface area contributed by atoms with Crippen molar-refractivity contribution in [2.45, 2.75) is 19.9 Å². The molecule has 0 N–H and O–H groups in total. The number of hydrogen-bond acceptors (Lipinski definition) is 7. The quantitative estimate of drug-likeness (QED) is 0.182. The van der Waals surface area contributed by atoms with Crippen molar-refractivity contribution >= 4 is 44.4 Å². The van der Waals surface area contributed by atoms with Crippen LogP contribution in [-0.2, 0) is 11.3 Å². The zero-order valence-corrected chi connectivity index (χ0v) is 19.4. The van der Waals surface area contributed by atoms with Crippen LogP contribution in [0.2, 0.25) is 0 Å². The molecule has 9 nitrogen and oxygen atoms in total. The number of ether oxygens (including phenoxy) is 1. The Kier molecular flexibility index (Phi) is 7.28. The van der Waals surface area contributed by atoms with Crippen LogP contribution in [0.25, 0.3) is 16.3 Å². The molecule has 2 heterocycles. The van der Waals surface area contributed by atoms with Gasteiger partial charge >= 0.3 is 0 Å². The number of hydrogen-bond donors (Lipinski definition) is 0. The van der Waals surface area contributed by atoms with Crippen LogP contribution in [0.4, 0.5) is 10.8 Å². The number of anilines is 1. The Balaban J connectivity index is 1.55. The molecule has 4 rings (SSSR count). The minimum Gasteiger partial charge on any atom is -0.494 e. The lowest BCUT2D eigenvalue weighted by Gasteiger charge is -2.18. The number of benzene rings is 2. The molecule has 2 aromatic carbocycles. The molecule has 0 fully saturated rings. The molecule has 0 bridgehead atoms. The number of nitro groups is 1. The molecule has 4 aromatic rings. The minimum atomic E-state index is -0.454. The number of nitro benzene ring substituents is 1. The van der Waals surface area contributed by atoms with E-state index in [4.69, 9.17) is 4.74 Å². The number of aryl methyl sites for hydroxylation is 1. The van der Waals surface area contributed by atoms with Crippen LogP contribution in [0.1, 0.15) is 18.9 Å². The summed E-state index contributed by atoms with van der Waals surface area (Å²) in [6.07, 6.45) is 9.18. The summed E-state index contributed by atoms with van der Waals surface area (Å²) in [6, 6.07) is 11.7. The maximum Gasteiger partial charge on any atom is 0.269 e. The SMILES string of the molecule is CCOc1ccc2nc(N(CCCn3ccnc3)C(=O)/C=C/c3ccc([N+](=O)[O-])cc3)sc2c1. The third-order valence-electron chi connectivity index (χ3n) is 5.04. The van der Waals surface area contributed by atoms with Gasteiger partial charge in [0.2, 0.25) is 0 Å². The van der Waals surface area contributed by atoms with Crippen molar-refractivity contribution < 1.29 is 14.5 Å². The summed E-state index contributed by atoms with van der Waals surface area (Å²) in [5.41, 5.74) is 1.50. The molecule has 10 heteroatoms. The van der Waals surface area contributed by atoms with Gasteiger partial charge in [-0.05, 0) is 55.3 Å². The highest BCUT2D eigenvalue weighted by Gasteiger charge is 2.18. The molecule has 0 unspecified atom stereocenters. The number of fused-ring (bicyclic) bond motifs is 1. The highest BCUT2D eigenvalue weighted by Crippen LogP contribution is 2.32. The van der Waals surface area contributed by atoms with Gasteiger partial charge in [0.05, 0.1) is 28.1 Å². The molecule has 34 heavy (non-hydrogen) atoms.